The summed E-state index contributed by atoms with van der Waals surface area (Å²) in [7, 11) is -4.86. The van der Waals surface area contributed by atoms with Gasteiger partial charge in [0.05, 0.1) is 4.92 Å². The number of halogens is 2. The summed E-state index contributed by atoms with van der Waals surface area (Å²) >= 11 is 3.07. The molecular formula is C10H8BrFN2O5S. The van der Waals surface area contributed by atoms with E-state index in [1.807, 2.05) is 0 Å². The highest BCUT2D eigenvalue weighted by molar-refractivity contribution is 9.10. The van der Waals surface area contributed by atoms with E-state index < -0.39 is 39.3 Å². The second-order valence-corrected chi connectivity index (χ2v) is 6.73. The summed E-state index contributed by atoms with van der Waals surface area (Å²) in [5.74, 6) is -0.665. The van der Waals surface area contributed by atoms with E-state index in [0.717, 1.165) is 4.90 Å². The molecule has 1 aliphatic rings. The van der Waals surface area contributed by atoms with Crippen molar-refractivity contribution in [2.24, 2.45) is 0 Å². The summed E-state index contributed by atoms with van der Waals surface area (Å²) in [6, 6.07) is 3.99. The molecule has 1 amide bonds. The number of carbonyl (C=O) groups excluding carboxylic acids is 1. The molecule has 1 aromatic rings. The first-order chi connectivity index (χ1) is 9.20. The number of hydrogen-bond donors (Lipinski definition) is 0. The minimum atomic E-state index is -4.86. The summed E-state index contributed by atoms with van der Waals surface area (Å²) in [4.78, 5) is 23.0. The quantitative estimate of drug-likeness (QED) is 0.461. The summed E-state index contributed by atoms with van der Waals surface area (Å²) in [5.41, 5.74) is -0.404. The van der Waals surface area contributed by atoms with Crippen molar-refractivity contribution in [3.8, 4) is 0 Å². The molecule has 0 aliphatic carbocycles. The molecule has 1 fully saturated rings. The Labute approximate surface area is 121 Å². The van der Waals surface area contributed by atoms with Crippen molar-refractivity contribution in [3.05, 3.63) is 32.8 Å². The molecule has 1 aromatic carbocycles. The predicted molar refractivity (Wildman–Crippen MR) is 71.6 cm³/mol. The molecule has 10 heteroatoms. The summed E-state index contributed by atoms with van der Waals surface area (Å²) in [5, 5.41) is 9.48. The third-order valence-electron chi connectivity index (χ3n) is 2.91. The van der Waals surface area contributed by atoms with Crippen molar-refractivity contribution < 1.29 is 22.0 Å². The minimum absolute atomic E-state index is 0.0469. The van der Waals surface area contributed by atoms with Crippen LogP contribution in [0.1, 0.15) is 6.42 Å². The zero-order chi connectivity index (χ0) is 15.1. The first-order valence-corrected chi connectivity index (χ1v) is 7.62. The van der Waals surface area contributed by atoms with Crippen LogP contribution in [0.4, 0.5) is 15.3 Å². The van der Waals surface area contributed by atoms with Gasteiger partial charge in [0, 0.05) is 23.5 Å². The lowest BCUT2D eigenvalue weighted by Gasteiger charge is -2.16. The highest BCUT2D eigenvalue weighted by Crippen LogP contribution is 2.34. The monoisotopic (exact) mass is 366 g/mol. The van der Waals surface area contributed by atoms with Crippen molar-refractivity contribution >= 4 is 43.4 Å². The number of hydrogen-bond acceptors (Lipinski definition) is 5. The molecule has 0 spiro atoms. The molecule has 1 saturated heterocycles. The Morgan fingerprint density at radius 2 is 2.10 bits per heavy atom. The Kier molecular flexibility index (Phi) is 3.78. The van der Waals surface area contributed by atoms with Gasteiger partial charge in [-0.2, -0.15) is 8.42 Å². The Morgan fingerprint density at radius 3 is 2.60 bits per heavy atom. The number of rotatable bonds is 3. The van der Waals surface area contributed by atoms with Gasteiger partial charge < -0.3 is 4.90 Å². The fourth-order valence-electron chi connectivity index (χ4n) is 1.97. The lowest BCUT2D eigenvalue weighted by molar-refractivity contribution is -0.384. The highest BCUT2D eigenvalue weighted by atomic mass is 79.9. The molecule has 20 heavy (non-hydrogen) atoms. The molecule has 1 heterocycles. The largest absolute Gasteiger partial charge is 0.307 e. The molecule has 7 nitrogen and oxygen atoms in total. The van der Waals surface area contributed by atoms with Crippen molar-refractivity contribution in [1.82, 2.24) is 0 Å². The van der Waals surface area contributed by atoms with Crippen LogP contribution in [0, 0.1) is 10.1 Å². The molecule has 0 radical (unpaired) electrons. The lowest BCUT2D eigenvalue weighted by atomic mass is 10.2. The maximum atomic E-state index is 12.9. The molecule has 2 rings (SSSR count). The van der Waals surface area contributed by atoms with Crippen LogP contribution >= 0.6 is 15.9 Å². The molecule has 0 bridgehead atoms. The molecule has 108 valence electrons. The van der Waals surface area contributed by atoms with Gasteiger partial charge in [0.25, 0.3) is 5.69 Å². The molecule has 1 aliphatic heterocycles. The van der Waals surface area contributed by atoms with Gasteiger partial charge >= 0.3 is 10.2 Å². The smallest absolute Gasteiger partial charge is 0.305 e. The zero-order valence-corrected chi connectivity index (χ0v) is 12.2. The van der Waals surface area contributed by atoms with Gasteiger partial charge in [0.1, 0.15) is 10.9 Å². The van der Waals surface area contributed by atoms with Gasteiger partial charge in [-0.05, 0) is 12.1 Å². The number of amides is 1. The lowest BCUT2D eigenvalue weighted by Crippen LogP contribution is -2.27. The molecule has 0 aromatic heterocycles. The van der Waals surface area contributed by atoms with E-state index in [1.165, 1.54) is 18.2 Å². The topological polar surface area (TPSA) is 97.6 Å². The van der Waals surface area contributed by atoms with Gasteiger partial charge in [-0.1, -0.05) is 15.9 Å². The van der Waals surface area contributed by atoms with Crippen molar-refractivity contribution in [3.63, 3.8) is 0 Å². The fourth-order valence-corrected chi connectivity index (χ4v) is 2.99. The zero-order valence-electron chi connectivity index (χ0n) is 9.82. The van der Waals surface area contributed by atoms with Crippen LogP contribution in [-0.4, -0.2) is 31.0 Å². The van der Waals surface area contributed by atoms with Crippen LogP contribution in [0.15, 0.2) is 22.7 Å². The van der Waals surface area contributed by atoms with Crippen LogP contribution in [0.5, 0.6) is 0 Å². The first-order valence-electron chi connectivity index (χ1n) is 5.38. The number of carbonyl (C=O) groups is 1. The van der Waals surface area contributed by atoms with Crippen molar-refractivity contribution in [2.75, 3.05) is 11.4 Å². The van der Waals surface area contributed by atoms with Crippen LogP contribution in [0.2, 0.25) is 0 Å². The number of nitro groups is 1. The van der Waals surface area contributed by atoms with E-state index >= 15 is 0 Å². The summed E-state index contributed by atoms with van der Waals surface area (Å²) < 4.78 is 35.1. The number of benzene rings is 1. The standard InChI is InChI=1S/C10H8BrFN2O5S/c11-6-1-2-8(9(3-6)14(16)17)13-5-7(4-10(13)15)20(12,18)19/h1-3,7H,4-5H2. The van der Waals surface area contributed by atoms with Crippen LogP contribution in [0.3, 0.4) is 0 Å². The maximum Gasteiger partial charge on any atom is 0.307 e. The summed E-state index contributed by atoms with van der Waals surface area (Å²) in [6.07, 6.45) is -0.522. The van der Waals surface area contributed by atoms with E-state index in [2.05, 4.69) is 15.9 Å². The van der Waals surface area contributed by atoms with E-state index in [4.69, 9.17) is 0 Å². The van der Waals surface area contributed by atoms with Crippen molar-refractivity contribution in [2.45, 2.75) is 11.7 Å². The predicted octanol–water partition coefficient (Wildman–Crippen LogP) is 1.76. The van der Waals surface area contributed by atoms with Crippen LogP contribution in [-0.2, 0) is 15.0 Å². The van der Waals surface area contributed by atoms with E-state index in [1.54, 1.807) is 0 Å². The number of anilines is 1. The maximum absolute atomic E-state index is 12.9. The number of nitrogens with zero attached hydrogens (tertiary/aromatic N) is 2. The Balaban J connectivity index is 2.43. The van der Waals surface area contributed by atoms with Crippen LogP contribution < -0.4 is 4.90 Å². The Bertz CT molecular complexity index is 693. The fraction of sp³-hybridized carbons (Fsp3) is 0.300. The van der Waals surface area contributed by atoms with Gasteiger partial charge in [-0.3, -0.25) is 14.9 Å². The normalized spacial score (nSPS) is 19.4. The minimum Gasteiger partial charge on any atom is -0.305 e. The third-order valence-corrected chi connectivity index (χ3v) is 4.52. The molecule has 1 atom stereocenters. The molecule has 0 saturated carbocycles. The molecule has 0 N–H and O–H groups in total. The van der Waals surface area contributed by atoms with Gasteiger partial charge in [0.2, 0.25) is 5.91 Å². The second kappa shape index (κ2) is 5.09. The van der Waals surface area contributed by atoms with Gasteiger partial charge in [-0.25, -0.2) is 0 Å². The number of nitro benzene ring substituents is 1. The van der Waals surface area contributed by atoms with E-state index in [0.29, 0.717) is 4.47 Å². The average Bonchev–Trinajstić information content (AvgIpc) is 2.71. The van der Waals surface area contributed by atoms with E-state index in [-0.39, 0.29) is 11.4 Å². The van der Waals surface area contributed by atoms with Gasteiger partial charge in [0.15, 0.2) is 0 Å². The molecular weight excluding hydrogens is 359 g/mol. The summed E-state index contributed by atoms with van der Waals surface area (Å²) in [6.45, 7) is -0.430. The van der Waals surface area contributed by atoms with E-state index in [9.17, 15) is 27.2 Å². The molecule has 1 unspecified atom stereocenters. The second-order valence-electron chi connectivity index (χ2n) is 4.20. The average molecular weight is 367 g/mol. The van der Waals surface area contributed by atoms with Crippen molar-refractivity contribution in [1.29, 1.82) is 0 Å². The Morgan fingerprint density at radius 1 is 1.45 bits per heavy atom. The van der Waals surface area contributed by atoms with Gasteiger partial charge in [-0.15, -0.1) is 3.89 Å². The SMILES string of the molecule is O=C1CC(S(=O)(=O)F)CN1c1ccc(Br)cc1[N+](=O)[O-]. The highest BCUT2D eigenvalue weighted by Gasteiger charge is 2.41. The Hall–Kier alpha value is -1.55. The first kappa shape index (κ1) is 14.9. The third kappa shape index (κ3) is 2.80. The van der Waals surface area contributed by atoms with Crippen LogP contribution in [0.25, 0.3) is 0 Å².